The number of ether oxygens (including phenoxy) is 1. The third kappa shape index (κ3) is 5.26. The molecule has 0 bridgehead atoms. The van der Waals surface area contributed by atoms with Crippen LogP contribution in [-0.2, 0) is 10.0 Å². The SMILES string of the molecule is CNC[C@H]1Oc2cc(C#CCC(C)C)ccc2S(=O)(=O)N([C@H](C)CO)C[C@@H]1C. The standard InChI is InChI=1S/C21H32N2O4S/c1-15(2)7-6-8-18-9-10-21-19(11-18)27-20(12-22-5)16(3)13-23(17(4)14-24)28(21,25)26/h9-11,15-17,20,22,24H,7,12-14H2,1-5H3/t16-,17+,20+/m0/s1. The molecule has 0 saturated heterocycles. The topological polar surface area (TPSA) is 78.9 Å². The number of nitrogens with zero attached hydrogens (tertiary/aromatic N) is 1. The lowest BCUT2D eigenvalue weighted by Crippen LogP contribution is -2.49. The van der Waals surface area contributed by atoms with Gasteiger partial charge in [0.2, 0.25) is 10.0 Å². The van der Waals surface area contributed by atoms with Gasteiger partial charge in [0, 0.05) is 37.0 Å². The van der Waals surface area contributed by atoms with Gasteiger partial charge in [0.15, 0.2) is 0 Å². The first-order chi connectivity index (χ1) is 13.2. The van der Waals surface area contributed by atoms with Gasteiger partial charge in [0.1, 0.15) is 16.7 Å². The second-order valence-electron chi connectivity index (χ2n) is 7.86. The van der Waals surface area contributed by atoms with Gasteiger partial charge in [-0.25, -0.2) is 8.42 Å². The van der Waals surface area contributed by atoms with Crippen molar-refractivity contribution in [1.29, 1.82) is 0 Å². The van der Waals surface area contributed by atoms with Crippen molar-refractivity contribution in [3.05, 3.63) is 23.8 Å². The van der Waals surface area contributed by atoms with Crippen LogP contribution >= 0.6 is 0 Å². The number of rotatable bonds is 5. The second-order valence-corrected chi connectivity index (χ2v) is 9.72. The number of hydrogen-bond acceptors (Lipinski definition) is 5. The molecule has 156 valence electrons. The minimum atomic E-state index is -3.80. The quantitative estimate of drug-likeness (QED) is 0.730. The summed E-state index contributed by atoms with van der Waals surface area (Å²) < 4.78 is 34.1. The molecule has 1 aromatic rings. The third-order valence-electron chi connectivity index (χ3n) is 4.82. The first kappa shape index (κ1) is 22.7. The van der Waals surface area contributed by atoms with Crippen molar-refractivity contribution in [2.75, 3.05) is 26.7 Å². The maximum atomic E-state index is 13.3. The Morgan fingerprint density at radius 2 is 2.07 bits per heavy atom. The molecule has 3 atom stereocenters. The van der Waals surface area contributed by atoms with Crippen molar-refractivity contribution in [1.82, 2.24) is 9.62 Å². The molecule has 1 aliphatic rings. The number of fused-ring (bicyclic) bond motifs is 1. The van der Waals surface area contributed by atoms with Crippen LogP contribution in [-0.4, -0.2) is 56.7 Å². The molecule has 0 unspecified atom stereocenters. The summed E-state index contributed by atoms with van der Waals surface area (Å²) in [5.41, 5.74) is 0.729. The number of aliphatic hydroxyl groups is 1. The fraction of sp³-hybridized carbons (Fsp3) is 0.619. The molecule has 7 heteroatoms. The lowest BCUT2D eigenvalue weighted by atomic mass is 10.0. The number of sulfonamides is 1. The van der Waals surface area contributed by atoms with Crippen LogP contribution < -0.4 is 10.1 Å². The maximum Gasteiger partial charge on any atom is 0.247 e. The molecule has 0 radical (unpaired) electrons. The molecular weight excluding hydrogens is 376 g/mol. The summed E-state index contributed by atoms with van der Waals surface area (Å²) in [5.74, 6) is 6.96. The molecule has 0 spiro atoms. The highest BCUT2D eigenvalue weighted by Crippen LogP contribution is 2.33. The van der Waals surface area contributed by atoms with E-state index in [9.17, 15) is 13.5 Å². The summed E-state index contributed by atoms with van der Waals surface area (Å²) in [4.78, 5) is 0.121. The summed E-state index contributed by atoms with van der Waals surface area (Å²) in [7, 11) is -1.95. The molecule has 2 N–H and O–H groups in total. The van der Waals surface area contributed by atoms with Crippen LogP contribution in [0.5, 0.6) is 5.75 Å². The van der Waals surface area contributed by atoms with E-state index in [1.165, 1.54) is 4.31 Å². The smallest absolute Gasteiger partial charge is 0.247 e. The minimum absolute atomic E-state index is 0.0555. The second kappa shape index (κ2) is 9.75. The van der Waals surface area contributed by atoms with Gasteiger partial charge in [-0.15, -0.1) is 0 Å². The van der Waals surface area contributed by atoms with Gasteiger partial charge >= 0.3 is 0 Å². The van der Waals surface area contributed by atoms with Gasteiger partial charge in [0.05, 0.1) is 6.61 Å². The zero-order valence-electron chi connectivity index (χ0n) is 17.4. The molecule has 0 aliphatic carbocycles. The molecule has 1 heterocycles. The lowest BCUT2D eigenvalue weighted by molar-refractivity contribution is 0.103. The predicted molar refractivity (Wildman–Crippen MR) is 111 cm³/mol. The zero-order valence-corrected chi connectivity index (χ0v) is 18.2. The maximum absolute atomic E-state index is 13.3. The predicted octanol–water partition coefficient (Wildman–Crippen LogP) is 2.07. The van der Waals surface area contributed by atoms with Crippen LogP contribution in [0.15, 0.2) is 23.1 Å². The van der Waals surface area contributed by atoms with E-state index in [4.69, 9.17) is 4.74 Å². The van der Waals surface area contributed by atoms with E-state index in [0.29, 0.717) is 18.2 Å². The number of likely N-dealkylation sites (N-methyl/N-ethyl adjacent to an activating group) is 1. The highest BCUT2D eigenvalue weighted by atomic mass is 32.2. The van der Waals surface area contributed by atoms with Crippen molar-refractivity contribution >= 4 is 10.0 Å². The van der Waals surface area contributed by atoms with Gasteiger partial charge in [-0.3, -0.25) is 0 Å². The molecule has 28 heavy (non-hydrogen) atoms. The van der Waals surface area contributed by atoms with Crippen molar-refractivity contribution in [3.8, 4) is 17.6 Å². The molecule has 0 amide bonds. The average Bonchev–Trinajstić information content (AvgIpc) is 2.63. The zero-order chi connectivity index (χ0) is 20.9. The largest absolute Gasteiger partial charge is 0.487 e. The molecule has 0 fully saturated rings. The Labute approximate surface area is 169 Å². The van der Waals surface area contributed by atoms with Crippen LogP contribution in [0.4, 0.5) is 0 Å². The normalized spacial score (nSPS) is 23.0. The highest BCUT2D eigenvalue weighted by Gasteiger charge is 2.37. The Kier molecular flexibility index (Phi) is 7.90. The monoisotopic (exact) mass is 408 g/mol. The van der Waals surface area contributed by atoms with Crippen LogP contribution in [0.3, 0.4) is 0 Å². The van der Waals surface area contributed by atoms with E-state index in [0.717, 1.165) is 12.0 Å². The number of hydrogen-bond donors (Lipinski definition) is 2. The van der Waals surface area contributed by atoms with Crippen LogP contribution in [0.25, 0.3) is 0 Å². The molecule has 0 saturated carbocycles. The molecule has 0 aromatic heterocycles. The summed E-state index contributed by atoms with van der Waals surface area (Å²) >= 11 is 0. The third-order valence-corrected chi connectivity index (χ3v) is 6.83. The van der Waals surface area contributed by atoms with Crippen molar-refractivity contribution in [3.63, 3.8) is 0 Å². The number of aliphatic hydroxyl groups excluding tert-OH is 1. The molecule has 1 aromatic carbocycles. The Morgan fingerprint density at radius 3 is 2.68 bits per heavy atom. The van der Waals surface area contributed by atoms with Crippen LogP contribution in [0, 0.1) is 23.7 Å². The summed E-state index contributed by atoms with van der Waals surface area (Å²) in [5, 5.41) is 12.7. The van der Waals surface area contributed by atoms with E-state index in [-0.39, 0.29) is 30.1 Å². The fourth-order valence-electron chi connectivity index (χ4n) is 3.11. The van der Waals surface area contributed by atoms with Gasteiger partial charge in [0.25, 0.3) is 0 Å². The highest BCUT2D eigenvalue weighted by molar-refractivity contribution is 7.89. The molecule has 1 aliphatic heterocycles. The minimum Gasteiger partial charge on any atom is -0.487 e. The molecule has 6 nitrogen and oxygen atoms in total. The van der Waals surface area contributed by atoms with Crippen molar-refractivity contribution in [2.45, 2.75) is 51.2 Å². The van der Waals surface area contributed by atoms with E-state index in [1.807, 2.05) is 14.0 Å². The first-order valence-electron chi connectivity index (χ1n) is 9.77. The van der Waals surface area contributed by atoms with Gasteiger partial charge in [-0.2, -0.15) is 4.31 Å². The average molecular weight is 409 g/mol. The van der Waals surface area contributed by atoms with E-state index < -0.39 is 16.1 Å². The van der Waals surface area contributed by atoms with E-state index in [2.05, 4.69) is 31.0 Å². The molecular formula is C21H32N2O4S. The summed E-state index contributed by atoms with van der Waals surface area (Å²) in [6, 6.07) is 4.47. The van der Waals surface area contributed by atoms with Gasteiger partial charge in [-0.05, 0) is 38.1 Å². The van der Waals surface area contributed by atoms with Crippen molar-refractivity contribution in [2.24, 2.45) is 11.8 Å². The Hall–Kier alpha value is -1.59. The van der Waals surface area contributed by atoms with Crippen molar-refractivity contribution < 1.29 is 18.3 Å². The van der Waals surface area contributed by atoms with Crippen LogP contribution in [0.2, 0.25) is 0 Å². The number of benzene rings is 1. The van der Waals surface area contributed by atoms with E-state index >= 15 is 0 Å². The lowest BCUT2D eigenvalue weighted by Gasteiger charge is -2.36. The van der Waals surface area contributed by atoms with Gasteiger partial charge in [-0.1, -0.05) is 32.6 Å². The molecule has 2 rings (SSSR count). The van der Waals surface area contributed by atoms with Gasteiger partial charge < -0.3 is 15.2 Å². The fourth-order valence-corrected chi connectivity index (χ4v) is 4.93. The van der Waals surface area contributed by atoms with Crippen LogP contribution in [0.1, 0.15) is 39.7 Å². The van der Waals surface area contributed by atoms with E-state index in [1.54, 1.807) is 25.1 Å². The Balaban J connectivity index is 2.54. The Bertz CT molecular complexity index is 827. The number of nitrogens with one attached hydrogen (secondary N) is 1. The summed E-state index contributed by atoms with van der Waals surface area (Å²) in [6.45, 7) is 8.52. The first-order valence-corrected chi connectivity index (χ1v) is 11.2. The summed E-state index contributed by atoms with van der Waals surface area (Å²) in [6.07, 6.45) is 0.573. The Morgan fingerprint density at radius 1 is 1.36 bits per heavy atom.